The summed E-state index contributed by atoms with van der Waals surface area (Å²) in [6.07, 6.45) is 0. The molecule has 0 bridgehead atoms. The van der Waals surface area contributed by atoms with E-state index in [1.807, 2.05) is 12.1 Å². The van der Waals surface area contributed by atoms with Crippen molar-refractivity contribution in [3.05, 3.63) is 59.7 Å². The van der Waals surface area contributed by atoms with Gasteiger partial charge in [-0.2, -0.15) is 0 Å². The summed E-state index contributed by atoms with van der Waals surface area (Å²) in [5, 5.41) is 9.37. The summed E-state index contributed by atoms with van der Waals surface area (Å²) in [6.45, 7) is 4.40. The lowest BCUT2D eigenvalue weighted by atomic mass is 10.1. The number of hydrogen-bond acceptors (Lipinski definition) is 4. The summed E-state index contributed by atoms with van der Waals surface area (Å²) in [5.74, 6) is -0.931. The van der Waals surface area contributed by atoms with Crippen LogP contribution in [0, 0.1) is 0 Å². The molecule has 1 saturated heterocycles. The number of piperazine rings is 1. The summed E-state index contributed by atoms with van der Waals surface area (Å²) in [4.78, 5) is 16.0. The zero-order chi connectivity index (χ0) is 16.2. The molecule has 120 valence electrons. The van der Waals surface area contributed by atoms with Gasteiger partial charge < -0.3 is 15.7 Å². The van der Waals surface area contributed by atoms with Crippen molar-refractivity contribution in [1.82, 2.24) is 4.90 Å². The molecular weight excluding hydrogens is 290 g/mol. The van der Waals surface area contributed by atoms with E-state index in [-0.39, 0.29) is 5.56 Å². The van der Waals surface area contributed by atoms with Crippen molar-refractivity contribution in [3.63, 3.8) is 0 Å². The van der Waals surface area contributed by atoms with Crippen molar-refractivity contribution in [1.29, 1.82) is 0 Å². The van der Waals surface area contributed by atoms with Crippen LogP contribution in [0.25, 0.3) is 0 Å². The van der Waals surface area contributed by atoms with Gasteiger partial charge in [0.05, 0.1) is 11.3 Å². The summed E-state index contributed by atoms with van der Waals surface area (Å²) in [6, 6.07) is 15.5. The molecule has 1 aliphatic rings. The largest absolute Gasteiger partial charge is 0.478 e. The second-order valence-corrected chi connectivity index (χ2v) is 5.83. The number of carboxylic acid groups (broad SMARTS) is 1. The van der Waals surface area contributed by atoms with Gasteiger partial charge in [-0.15, -0.1) is 0 Å². The fourth-order valence-electron chi connectivity index (χ4n) is 2.99. The van der Waals surface area contributed by atoms with E-state index >= 15 is 0 Å². The number of nitrogen functional groups attached to an aromatic ring is 1. The predicted octanol–water partition coefficient (Wildman–Crippen LogP) is 2.29. The molecule has 0 unspecified atom stereocenters. The first-order chi connectivity index (χ1) is 11.1. The molecule has 1 fully saturated rings. The zero-order valence-corrected chi connectivity index (χ0v) is 13.0. The second-order valence-electron chi connectivity index (χ2n) is 5.83. The number of anilines is 2. The number of carbonyl (C=O) groups is 1. The molecule has 3 N–H and O–H groups in total. The van der Waals surface area contributed by atoms with Crippen LogP contribution in [0.2, 0.25) is 0 Å². The molecule has 0 amide bonds. The van der Waals surface area contributed by atoms with Crippen molar-refractivity contribution in [2.24, 2.45) is 0 Å². The van der Waals surface area contributed by atoms with E-state index in [9.17, 15) is 9.90 Å². The van der Waals surface area contributed by atoms with Gasteiger partial charge in [-0.1, -0.05) is 30.3 Å². The SMILES string of the molecule is Nc1ccc(N2CCN(Cc3ccccc3)CC2)c(C(=O)O)c1. The maximum Gasteiger partial charge on any atom is 0.337 e. The molecule has 0 radical (unpaired) electrons. The van der Waals surface area contributed by atoms with Gasteiger partial charge in [0.25, 0.3) is 0 Å². The number of hydrogen-bond donors (Lipinski definition) is 2. The number of benzene rings is 2. The van der Waals surface area contributed by atoms with E-state index in [0.29, 0.717) is 5.69 Å². The van der Waals surface area contributed by atoms with E-state index in [1.54, 1.807) is 6.07 Å². The van der Waals surface area contributed by atoms with Crippen molar-refractivity contribution in [3.8, 4) is 0 Å². The molecule has 2 aromatic rings. The third-order valence-electron chi connectivity index (χ3n) is 4.21. The first-order valence-corrected chi connectivity index (χ1v) is 7.77. The summed E-state index contributed by atoms with van der Waals surface area (Å²) < 4.78 is 0. The molecule has 1 heterocycles. The smallest absolute Gasteiger partial charge is 0.337 e. The summed E-state index contributed by atoms with van der Waals surface area (Å²) >= 11 is 0. The van der Waals surface area contributed by atoms with Gasteiger partial charge in [-0.25, -0.2) is 4.79 Å². The second kappa shape index (κ2) is 6.71. The number of rotatable bonds is 4. The van der Waals surface area contributed by atoms with E-state index in [2.05, 4.69) is 34.1 Å². The van der Waals surface area contributed by atoms with Crippen molar-refractivity contribution < 1.29 is 9.90 Å². The van der Waals surface area contributed by atoms with Crippen LogP contribution in [0.15, 0.2) is 48.5 Å². The van der Waals surface area contributed by atoms with Crippen LogP contribution in [0.3, 0.4) is 0 Å². The Morgan fingerprint density at radius 2 is 1.74 bits per heavy atom. The molecule has 5 heteroatoms. The van der Waals surface area contributed by atoms with Crippen LogP contribution in [0.4, 0.5) is 11.4 Å². The number of aromatic carboxylic acids is 1. The highest BCUT2D eigenvalue weighted by Crippen LogP contribution is 2.24. The topological polar surface area (TPSA) is 69.8 Å². The van der Waals surface area contributed by atoms with Crippen molar-refractivity contribution in [2.45, 2.75) is 6.54 Å². The molecule has 5 nitrogen and oxygen atoms in total. The predicted molar refractivity (Wildman–Crippen MR) is 91.7 cm³/mol. The Hall–Kier alpha value is -2.53. The van der Waals surface area contributed by atoms with Crippen LogP contribution in [0.5, 0.6) is 0 Å². The first kappa shape index (κ1) is 15.4. The van der Waals surface area contributed by atoms with Gasteiger partial charge in [0, 0.05) is 38.4 Å². The minimum atomic E-state index is -0.931. The lowest BCUT2D eigenvalue weighted by Gasteiger charge is -2.36. The molecule has 0 aromatic heterocycles. The third kappa shape index (κ3) is 3.63. The van der Waals surface area contributed by atoms with E-state index in [1.165, 1.54) is 11.6 Å². The van der Waals surface area contributed by atoms with Crippen LogP contribution in [-0.2, 0) is 6.54 Å². The monoisotopic (exact) mass is 311 g/mol. The fraction of sp³-hybridized carbons (Fsp3) is 0.278. The minimum Gasteiger partial charge on any atom is -0.478 e. The molecule has 23 heavy (non-hydrogen) atoms. The molecule has 2 aromatic carbocycles. The van der Waals surface area contributed by atoms with Gasteiger partial charge >= 0.3 is 5.97 Å². The van der Waals surface area contributed by atoms with Gasteiger partial charge in [-0.05, 0) is 23.8 Å². The maximum atomic E-state index is 11.4. The minimum absolute atomic E-state index is 0.279. The highest BCUT2D eigenvalue weighted by atomic mass is 16.4. The number of carboxylic acids is 1. The summed E-state index contributed by atoms with van der Waals surface area (Å²) in [5.41, 5.74) is 8.53. The molecule has 0 spiro atoms. The van der Waals surface area contributed by atoms with E-state index in [4.69, 9.17) is 5.73 Å². The third-order valence-corrected chi connectivity index (χ3v) is 4.21. The maximum absolute atomic E-state index is 11.4. The summed E-state index contributed by atoms with van der Waals surface area (Å²) in [7, 11) is 0. The first-order valence-electron chi connectivity index (χ1n) is 7.77. The average molecular weight is 311 g/mol. The highest BCUT2D eigenvalue weighted by Gasteiger charge is 2.21. The fourth-order valence-corrected chi connectivity index (χ4v) is 2.99. The van der Waals surface area contributed by atoms with E-state index in [0.717, 1.165) is 38.4 Å². The van der Waals surface area contributed by atoms with Gasteiger partial charge in [0.2, 0.25) is 0 Å². The van der Waals surface area contributed by atoms with Crippen molar-refractivity contribution >= 4 is 17.3 Å². The van der Waals surface area contributed by atoms with Crippen LogP contribution < -0.4 is 10.6 Å². The zero-order valence-electron chi connectivity index (χ0n) is 13.0. The highest BCUT2D eigenvalue weighted by molar-refractivity contribution is 5.95. The standard InChI is InChI=1S/C18H21N3O2/c19-15-6-7-17(16(12-15)18(22)23)21-10-8-20(9-11-21)13-14-4-2-1-3-5-14/h1-7,12H,8-11,13,19H2,(H,22,23). The molecule has 0 aliphatic carbocycles. The molecule has 3 rings (SSSR count). The Kier molecular flexibility index (Phi) is 4.48. The Morgan fingerprint density at radius 1 is 1.04 bits per heavy atom. The Morgan fingerprint density at radius 3 is 2.39 bits per heavy atom. The molecule has 1 aliphatic heterocycles. The molecule has 0 atom stereocenters. The Bertz CT molecular complexity index is 680. The quantitative estimate of drug-likeness (QED) is 0.848. The lowest BCUT2D eigenvalue weighted by molar-refractivity contribution is 0.0697. The van der Waals surface area contributed by atoms with Crippen LogP contribution in [-0.4, -0.2) is 42.2 Å². The van der Waals surface area contributed by atoms with Gasteiger partial charge in [0.1, 0.15) is 0 Å². The lowest BCUT2D eigenvalue weighted by Crippen LogP contribution is -2.46. The molecular formula is C18H21N3O2. The van der Waals surface area contributed by atoms with Crippen LogP contribution >= 0.6 is 0 Å². The Labute approximate surface area is 135 Å². The number of nitrogens with two attached hydrogens (primary N) is 1. The van der Waals surface area contributed by atoms with Crippen molar-refractivity contribution in [2.75, 3.05) is 36.8 Å². The van der Waals surface area contributed by atoms with Gasteiger partial charge in [-0.3, -0.25) is 4.90 Å². The Balaban J connectivity index is 1.66. The number of nitrogens with zero attached hydrogens (tertiary/aromatic N) is 2. The van der Waals surface area contributed by atoms with Gasteiger partial charge in [0.15, 0.2) is 0 Å². The molecule has 0 saturated carbocycles. The van der Waals surface area contributed by atoms with Crippen LogP contribution in [0.1, 0.15) is 15.9 Å². The normalized spacial score (nSPS) is 15.6. The average Bonchev–Trinajstić information content (AvgIpc) is 2.56. The van der Waals surface area contributed by atoms with E-state index < -0.39 is 5.97 Å².